The van der Waals surface area contributed by atoms with E-state index in [0.29, 0.717) is 0 Å². The summed E-state index contributed by atoms with van der Waals surface area (Å²) >= 11 is 0. The molecule has 3 nitrogen and oxygen atoms in total. The van der Waals surface area contributed by atoms with Crippen LogP contribution in [-0.4, -0.2) is 5.71 Å². The van der Waals surface area contributed by atoms with Crippen LogP contribution in [0, 0.1) is 0 Å². The number of nitrogens with zero attached hydrogens (tertiary/aromatic N) is 1. The first-order chi connectivity index (χ1) is 4.97. The molecule has 2 aliphatic rings. The Morgan fingerprint density at radius 2 is 2.50 bits per heavy atom. The highest BCUT2D eigenvalue weighted by atomic mass is 16.5. The minimum atomic E-state index is 0.769. The van der Waals surface area contributed by atoms with Gasteiger partial charge < -0.3 is 10.1 Å². The average Bonchev–Trinajstić information content (AvgIpc) is 2.05. The van der Waals surface area contributed by atoms with Gasteiger partial charge in [-0.2, -0.15) is 0 Å². The monoisotopic (exact) mass is 134 g/mol. The standard InChI is InChI=1S/C7H6N2O/c1-2-8-5-7-6(1)9-3-4-10-7/h1-5,8H. The number of nitrogens with one attached hydrogen (secondary N) is 1. The second-order valence-corrected chi connectivity index (χ2v) is 1.93. The molecule has 0 fully saturated rings. The molecule has 50 valence electrons. The number of hydrogen-bond acceptors (Lipinski definition) is 3. The Kier molecular flexibility index (Phi) is 1.07. The van der Waals surface area contributed by atoms with Crippen LogP contribution in [0.1, 0.15) is 0 Å². The number of dihydropyridines is 1. The molecule has 0 radical (unpaired) electrons. The van der Waals surface area contributed by atoms with Crippen LogP contribution in [0.3, 0.4) is 0 Å². The van der Waals surface area contributed by atoms with Gasteiger partial charge in [0.05, 0.1) is 6.20 Å². The van der Waals surface area contributed by atoms with E-state index >= 15 is 0 Å². The molecule has 3 heteroatoms. The van der Waals surface area contributed by atoms with Crippen LogP contribution >= 0.6 is 0 Å². The van der Waals surface area contributed by atoms with E-state index in [0.717, 1.165) is 11.5 Å². The van der Waals surface area contributed by atoms with Crippen molar-refractivity contribution in [3.8, 4) is 0 Å². The summed E-state index contributed by atoms with van der Waals surface area (Å²) in [5.74, 6) is 0.769. The zero-order chi connectivity index (χ0) is 6.81. The van der Waals surface area contributed by atoms with Crippen molar-refractivity contribution in [2.45, 2.75) is 0 Å². The highest BCUT2D eigenvalue weighted by molar-refractivity contribution is 6.08. The van der Waals surface area contributed by atoms with Crippen LogP contribution in [0.2, 0.25) is 0 Å². The van der Waals surface area contributed by atoms with Crippen molar-refractivity contribution in [1.82, 2.24) is 5.32 Å². The molecule has 0 aromatic heterocycles. The summed E-state index contributed by atoms with van der Waals surface area (Å²) in [7, 11) is 0. The molecule has 0 bridgehead atoms. The van der Waals surface area contributed by atoms with Crippen molar-refractivity contribution >= 4 is 5.71 Å². The maximum absolute atomic E-state index is 5.12. The number of allylic oxidation sites excluding steroid dienone is 1. The predicted octanol–water partition coefficient (Wildman–Crippen LogP) is 0.887. The number of hydrogen-bond donors (Lipinski definition) is 1. The fraction of sp³-hybridized carbons (Fsp3) is 0. The summed E-state index contributed by atoms with van der Waals surface area (Å²) in [4.78, 5) is 4.07. The van der Waals surface area contributed by atoms with E-state index in [1.54, 1.807) is 18.7 Å². The maximum Gasteiger partial charge on any atom is 0.168 e. The lowest BCUT2D eigenvalue weighted by molar-refractivity contribution is 0.369. The number of aliphatic imine (C=N–C) groups is 1. The van der Waals surface area contributed by atoms with Gasteiger partial charge in [-0.05, 0) is 6.08 Å². The van der Waals surface area contributed by atoms with Crippen LogP contribution in [-0.2, 0) is 4.74 Å². The van der Waals surface area contributed by atoms with E-state index in [9.17, 15) is 0 Å². The van der Waals surface area contributed by atoms with Gasteiger partial charge in [0, 0.05) is 12.4 Å². The molecule has 0 aromatic rings. The summed E-state index contributed by atoms with van der Waals surface area (Å²) in [5, 5.41) is 2.90. The predicted molar refractivity (Wildman–Crippen MR) is 38.0 cm³/mol. The van der Waals surface area contributed by atoms with Crippen molar-refractivity contribution in [2.75, 3.05) is 0 Å². The summed E-state index contributed by atoms with van der Waals surface area (Å²) in [6, 6.07) is 0. The largest absolute Gasteiger partial charge is 0.460 e. The molecule has 0 saturated heterocycles. The fourth-order valence-corrected chi connectivity index (χ4v) is 0.822. The maximum atomic E-state index is 5.12. The molecule has 10 heavy (non-hydrogen) atoms. The lowest BCUT2D eigenvalue weighted by Gasteiger charge is -2.12. The van der Waals surface area contributed by atoms with Gasteiger partial charge in [-0.3, -0.25) is 0 Å². The minimum Gasteiger partial charge on any atom is -0.460 e. The summed E-state index contributed by atoms with van der Waals surface area (Å²) in [6.45, 7) is 0. The second kappa shape index (κ2) is 2.02. The first kappa shape index (κ1) is 5.29. The first-order valence-corrected chi connectivity index (χ1v) is 2.99. The first-order valence-electron chi connectivity index (χ1n) is 2.99. The third-order valence-corrected chi connectivity index (χ3v) is 1.27. The Balaban J connectivity index is 2.39. The molecule has 0 aliphatic carbocycles. The van der Waals surface area contributed by atoms with Gasteiger partial charge in [-0.25, -0.2) is 4.99 Å². The van der Waals surface area contributed by atoms with Crippen molar-refractivity contribution < 1.29 is 4.74 Å². The van der Waals surface area contributed by atoms with E-state index < -0.39 is 0 Å². The van der Waals surface area contributed by atoms with Crippen molar-refractivity contribution in [3.63, 3.8) is 0 Å². The third-order valence-electron chi connectivity index (χ3n) is 1.27. The Labute approximate surface area is 58.4 Å². The van der Waals surface area contributed by atoms with E-state index in [4.69, 9.17) is 4.74 Å². The van der Waals surface area contributed by atoms with E-state index in [1.807, 2.05) is 12.3 Å². The van der Waals surface area contributed by atoms with Gasteiger partial charge >= 0.3 is 0 Å². The molecule has 0 unspecified atom stereocenters. The molecule has 0 amide bonds. The van der Waals surface area contributed by atoms with Crippen LogP contribution in [0.25, 0.3) is 0 Å². The molecule has 1 N–H and O–H groups in total. The summed E-state index contributed by atoms with van der Waals surface area (Å²) in [5.41, 5.74) is 0.862. The van der Waals surface area contributed by atoms with E-state index in [1.165, 1.54) is 0 Å². The molecule has 0 aromatic carbocycles. The highest BCUT2D eigenvalue weighted by Gasteiger charge is 2.08. The van der Waals surface area contributed by atoms with Crippen LogP contribution in [0.4, 0.5) is 0 Å². The number of ether oxygens (including phenoxy) is 1. The van der Waals surface area contributed by atoms with Gasteiger partial charge in [0.1, 0.15) is 12.0 Å². The Morgan fingerprint density at radius 3 is 3.40 bits per heavy atom. The van der Waals surface area contributed by atoms with E-state index in [-0.39, 0.29) is 0 Å². The summed E-state index contributed by atoms with van der Waals surface area (Å²) < 4.78 is 5.12. The molecule has 2 aliphatic heterocycles. The minimum absolute atomic E-state index is 0.769. The molecular formula is C7H6N2O. The fourth-order valence-electron chi connectivity index (χ4n) is 0.822. The van der Waals surface area contributed by atoms with Gasteiger partial charge in [0.25, 0.3) is 0 Å². The smallest absolute Gasteiger partial charge is 0.168 e. The average molecular weight is 134 g/mol. The molecule has 0 saturated carbocycles. The summed E-state index contributed by atoms with van der Waals surface area (Å²) in [6.07, 6.45) is 8.62. The lowest BCUT2D eigenvalue weighted by atomic mass is 10.2. The van der Waals surface area contributed by atoms with Crippen molar-refractivity contribution in [1.29, 1.82) is 0 Å². The molecule has 0 spiro atoms. The van der Waals surface area contributed by atoms with Crippen LogP contribution in [0.15, 0.2) is 41.7 Å². The van der Waals surface area contributed by atoms with Crippen molar-refractivity contribution in [3.05, 3.63) is 36.7 Å². The SMILES string of the molecule is C1=COC2=CNC=CC2=N1. The Morgan fingerprint density at radius 1 is 1.50 bits per heavy atom. The molecular weight excluding hydrogens is 128 g/mol. The van der Waals surface area contributed by atoms with E-state index in [2.05, 4.69) is 10.3 Å². The topological polar surface area (TPSA) is 33.6 Å². The zero-order valence-corrected chi connectivity index (χ0v) is 5.24. The second-order valence-electron chi connectivity index (χ2n) is 1.93. The zero-order valence-electron chi connectivity index (χ0n) is 5.24. The molecule has 2 heterocycles. The normalized spacial score (nSPS) is 20.0. The highest BCUT2D eigenvalue weighted by Crippen LogP contribution is 2.09. The van der Waals surface area contributed by atoms with Crippen LogP contribution < -0.4 is 5.32 Å². The Hall–Kier alpha value is -1.51. The molecule has 0 atom stereocenters. The van der Waals surface area contributed by atoms with Gasteiger partial charge in [-0.1, -0.05) is 0 Å². The lowest BCUT2D eigenvalue weighted by Crippen LogP contribution is -2.13. The number of rotatable bonds is 0. The van der Waals surface area contributed by atoms with Crippen molar-refractivity contribution in [2.24, 2.45) is 4.99 Å². The third kappa shape index (κ3) is 0.719. The Bertz CT molecular complexity index is 261. The quantitative estimate of drug-likeness (QED) is 0.533. The van der Waals surface area contributed by atoms with Crippen LogP contribution in [0.5, 0.6) is 0 Å². The molecule has 2 rings (SSSR count). The van der Waals surface area contributed by atoms with Gasteiger partial charge in [-0.15, -0.1) is 0 Å². The van der Waals surface area contributed by atoms with Gasteiger partial charge in [0.15, 0.2) is 5.76 Å². The number of fused-ring (bicyclic) bond motifs is 1. The van der Waals surface area contributed by atoms with Gasteiger partial charge in [0.2, 0.25) is 0 Å².